The van der Waals surface area contributed by atoms with Gasteiger partial charge in [-0.2, -0.15) is 0 Å². The normalized spacial score (nSPS) is 20.0. The van der Waals surface area contributed by atoms with Crippen LogP contribution < -0.4 is 18.9 Å². The maximum absolute atomic E-state index is 5.80. The van der Waals surface area contributed by atoms with Crippen molar-refractivity contribution < 1.29 is 18.9 Å². The van der Waals surface area contributed by atoms with Crippen LogP contribution in [0.25, 0.3) is 11.1 Å². The van der Waals surface area contributed by atoms with Crippen molar-refractivity contribution in [2.75, 3.05) is 34.6 Å². The van der Waals surface area contributed by atoms with Gasteiger partial charge in [0.15, 0.2) is 23.0 Å². The van der Waals surface area contributed by atoms with Gasteiger partial charge in [-0.25, -0.2) is 0 Å². The number of benzene rings is 2. The van der Waals surface area contributed by atoms with Crippen LogP contribution in [0, 0.1) is 0 Å². The van der Waals surface area contributed by atoms with Crippen LogP contribution in [0.1, 0.15) is 22.7 Å². The Morgan fingerprint density at radius 1 is 1.04 bits per heavy atom. The molecule has 0 saturated carbocycles. The summed E-state index contributed by atoms with van der Waals surface area (Å²) in [6.45, 7) is 1.33. The maximum atomic E-state index is 5.80. The molecule has 1 atom stereocenters. The van der Waals surface area contributed by atoms with Crippen molar-refractivity contribution >= 4 is 0 Å². The fraction of sp³-hybridized carbons (Fsp3) is 0.400. The zero-order valence-corrected chi connectivity index (χ0v) is 14.7. The Morgan fingerprint density at radius 2 is 1.84 bits per heavy atom. The van der Waals surface area contributed by atoms with E-state index in [4.69, 9.17) is 18.9 Å². The van der Waals surface area contributed by atoms with E-state index in [0.717, 1.165) is 47.9 Å². The number of nitrogens with zero attached hydrogens (tertiary/aromatic N) is 1. The molecule has 25 heavy (non-hydrogen) atoms. The summed E-state index contributed by atoms with van der Waals surface area (Å²) < 4.78 is 22.7. The molecule has 5 heteroatoms. The minimum Gasteiger partial charge on any atom is -0.493 e. The Bertz CT molecular complexity index is 877. The van der Waals surface area contributed by atoms with Gasteiger partial charge in [-0.05, 0) is 60.3 Å². The quantitative estimate of drug-likeness (QED) is 0.840. The maximum Gasteiger partial charge on any atom is 0.231 e. The summed E-state index contributed by atoms with van der Waals surface area (Å²) in [6, 6.07) is 6.73. The van der Waals surface area contributed by atoms with E-state index in [0.29, 0.717) is 6.04 Å². The van der Waals surface area contributed by atoms with Crippen LogP contribution in [0.4, 0.5) is 0 Å². The van der Waals surface area contributed by atoms with Crippen molar-refractivity contribution in [1.82, 2.24) is 4.90 Å². The molecule has 5 nitrogen and oxygen atoms in total. The molecule has 0 saturated heterocycles. The van der Waals surface area contributed by atoms with Gasteiger partial charge < -0.3 is 18.9 Å². The minimum absolute atomic E-state index is 0.287. The molecule has 1 aliphatic carbocycles. The van der Waals surface area contributed by atoms with E-state index in [9.17, 15) is 0 Å². The van der Waals surface area contributed by atoms with Gasteiger partial charge in [0.25, 0.3) is 0 Å². The SMILES string of the molecule is COc1cc2c3c(c1OC)-c1cc4c(cc1C[C@H]3N(C)CC2)OCO4. The van der Waals surface area contributed by atoms with Crippen molar-refractivity contribution in [2.45, 2.75) is 18.9 Å². The largest absolute Gasteiger partial charge is 0.493 e. The molecule has 130 valence electrons. The van der Waals surface area contributed by atoms with Crippen LogP contribution in [0.15, 0.2) is 18.2 Å². The van der Waals surface area contributed by atoms with Crippen LogP contribution in [0.2, 0.25) is 0 Å². The lowest BCUT2D eigenvalue weighted by Crippen LogP contribution is -2.35. The Morgan fingerprint density at radius 3 is 2.60 bits per heavy atom. The minimum atomic E-state index is 0.287. The zero-order chi connectivity index (χ0) is 17.1. The van der Waals surface area contributed by atoms with Crippen molar-refractivity contribution in [3.63, 3.8) is 0 Å². The summed E-state index contributed by atoms with van der Waals surface area (Å²) in [5, 5.41) is 0. The standard InChI is InChI=1S/C20H21NO4/c1-21-5-4-11-7-17(22-2)20(23-3)19-13-9-16-15(24-10-25-16)8-12(13)6-14(21)18(11)19/h7-9,14H,4-6,10H2,1-3H3/t14-/m1/s1. The molecule has 0 aromatic heterocycles. The highest BCUT2D eigenvalue weighted by molar-refractivity contribution is 5.85. The number of hydrogen-bond donors (Lipinski definition) is 0. The summed E-state index contributed by atoms with van der Waals surface area (Å²) >= 11 is 0. The van der Waals surface area contributed by atoms with Crippen LogP contribution >= 0.6 is 0 Å². The molecule has 0 amide bonds. The molecule has 2 aliphatic heterocycles. The monoisotopic (exact) mass is 339 g/mol. The number of hydrogen-bond acceptors (Lipinski definition) is 5. The first-order valence-corrected chi connectivity index (χ1v) is 8.62. The second-order valence-corrected chi connectivity index (χ2v) is 6.87. The third kappa shape index (κ3) is 1.99. The highest BCUT2D eigenvalue weighted by Crippen LogP contribution is 2.54. The van der Waals surface area contributed by atoms with Gasteiger partial charge >= 0.3 is 0 Å². The van der Waals surface area contributed by atoms with E-state index in [1.54, 1.807) is 14.2 Å². The van der Waals surface area contributed by atoms with Gasteiger partial charge in [0.05, 0.1) is 14.2 Å². The fourth-order valence-electron chi connectivity index (χ4n) is 4.44. The summed E-state index contributed by atoms with van der Waals surface area (Å²) in [6.07, 6.45) is 1.99. The predicted octanol–water partition coefficient (Wildman–Crippen LogP) is 3.18. The first kappa shape index (κ1) is 14.9. The Balaban J connectivity index is 1.85. The Kier molecular flexibility index (Phi) is 3.16. The lowest BCUT2D eigenvalue weighted by atomic mass is 9.76. The van der Waals surface area contributed by atoms with E-state index >= 15 is 0 Å². The summed E-state index contributed by atoms with van der Waals surface area (Å²) in [7, 11) is 5.61. The molecule has 0 unspecified atom stereocenters. The first-order chi connectivity index (χ1) is 12.2. The lowest BCUT2D eigenvalue weighted by Gasteiger charge is -2.40. The number of rotatable bonds is 2. The second-order valence-electron chi connectivity index (χ2n) is 6.87. The first-order valence-electron chi connectivity index (χ1n) is 8.62. The van der Waals surface area contributed by atoms with E-state index in [2.05, 4.69) is 30.1 Å². The summed E-state index contributed by atoms with van der Waals surface area (Å²) in [5.41, 5.74) is 6.32. The van der Waals surface area contributed by atoms with Crippen LogP contribution in [0.5, 0.6) is 23.0 Å². The number of ether oxygens (including phenoxy) is 4. The molecule has 0 N–H and O–H groups in total. The molecule has 2 aromatic rings. The molecule has 0 radical (unpaired) electrons. The molecule has 0 bridgehead atoms. The zero-order valence-electron chi connectivity index (χ0n) is 14.7. The van der Waals surface area contributed by atoms with Crippen LogP contribution in [-0.2, 0) is 12.8 Å². The van der Waals surface area contributed by atoms with E-state index in [1.807, 2.05) is 0 Å². The molecule has 3 aliphatic rings. The van der Waals surface area contributed by atoms with Gasteiger partial charge in [0.1, 0.15) is 0 Å². The van der Waals surface area contributed by atoms with Gasteiger partial charge in [-0.3, -0.25) is 4.90 Å². The number of fused-ring (bicyclic) bond motifs is 3. The second kappa shape index (κ2) is 5.30. The molecule has 0 fully saturated rings. The van der Waals surface area contributed by atoms with Crippen LogP contribution in [0.3, 0.4) is 0 Å². The fourth-order valence-corrected chi connectivity index (χ4v) is 4.44. The third-order valence-electron chi connectivity index (χ3n) is 5.68. The molecule has 2 aromatic carbocycles. The van der Waals surface area contributed by atoms with Gasteiger partial charge in [0.2, 0.25) is 6.79 Å². The molecule has 2 heterocycles. The van der Waals surface area contributed by atoms with Gasteiger partial charge in [-0.15, -0.1) is 0 Å². The number of methoxy groups -OCH3 is 2. The lowest BCUT2D eigenvalue weighted by molar-refractivity contribution is 0.174. The van der Waals surface area contributed by atoms with E-state index < -0.39 is 0 Å². The molecule has 5 rings (SSSR count). The molecular formula is C20H21NO4. The summed E-state index contributed by atoms with van der Waals surface area (Å²) in [5.74, 6) is 3.24. The number of likely N-dealkylation sites (N-methyl/N-ethyl adjacent to an activating group) is 1. The average molecular weight is 339 g/mol. The van der Waals surface area contributed by atoms with E-state index in [-0.39, 0.29) is 6.79 Å². The van der Waals surface area contributed by atoms with E-state index in [1.165, 1.54) is 22.3 Å². The molecule has 0 spiro atoms. The van der Waals surface area contributed by atoms with Gasteiger partial charge in [0, 0.05) is 18.2 Å². The highest BCUT2D eigenvalue weighted by atomic mass is 16.7. The topological polar surface area (TPSA) is 40.2 Å². The Labute approximate surface area is 147 Å². The van der Waals surface area contributed by atoms with Crippen molar-refractivity contribution in [3.05, 3.63) is 34.9 Å². The van der Waals surface area contributed by atoms with Gasteiger partial charge in [-0.1, -0.05) is 0 Å². The van der Waals surface area contributed by atoms with Crippen molar-refractivity contribution in [2.24, 2.45) is 0 Å². The van der Waals surface area contributed by atoms with Crippen molar-refractivity contribution in [1.29, 1.82) is 0 Å². The summed E-state index contributed by atoms with van der Waals surface area (Å²) in [4.78, 5) is 2.44. The predicted molar refractivity (Wildman–Crippen MR) is 93.9 cm³/mol. The highest BCUT2D eigenvalue weighted by Gasteiger charge is 2.37. The smallest absolute Gasteiger partial charge is 0.231 e. The Hall–Kier alpha value is -2.40. The van der Waals surface area contributed by atoms with Crippen molar-refractivity contribution in [3.8, 4) is 34.1 Å². The molecular weight excluding hydrogens is 318 g/mol. The average Bonchev–Trinajstić information content (AvgIpc) is 3.09. The van der Waals surface area contributed by atoms with Crippen LogP contribution in [-0.4, -0.2) is 39.5 Å². The third-order valence-corrected chi connectivity index (χ3v) is 5.68.